The van der Waals surface area contributed by atoms with Crippen molar-refractivity contribution >= 4 is 5.97 Å². The molecule has 0 aromatic carbocycles. The van der Waals surface area contributed by atoms with Gasteiger partial charge in [0.2, 0.25) is 0 Å². The average Bonchev–Trinajstić information content (AvgIpc) is 2.54. The molecule has 0 rings (SSSR count). The normalized spacial score (nSPS) is 12.4. The van der Waals surface area contributed by atoms with Crippen LogP contribution in [0.3, 0.4) is 0 Å². The second-order valence-electron chi connectivity index (χ2n) is 7.04. The number of carboxylic acid groups (broad SMARTS) is 1. The molecule has 0 aromatic heterocycles. The van der Waals surface area contributed by atoms with E-state index < -0.39 is 12.0 Å². The third kappa shape index (κ3) is 17.6. The van der Waals surface area contributed by atoms with Crippen LogP contribution in [0.1, 0.15) is 116 Å². The number of carboxylic acids is 1. The number of unbranched alkanes of at least 4 members (excludes halogenated alkanes) is 15. The van der Waals surface area contributed by atoms with Gasteiger partial charge in [0.05, 0.1) is 0 Å². The van der Waals surface area contributed by atoms with Crippen LogP contribution in [0, 0.1) is 0 Å². The summed E-state index contributed by atoms with van der Waals surface area (Å²) < 4.78 is 0. The van der Waals surface area contributed by atoms with E-state index in [1.807, 2.05) is 0 Å². The molecule has 0 aliphatic carbocycles. The number of rotatable bonds is 18. The zero-order valence-electron chi connectivity index (χ0n) is 15.5. The minimum atomic E-state index is -0.869. The van der Waals surface area contributed by atoms with E-state index in [1.165, 1.54) is 89.9 Å². The molecule has 0 unspecified atom stereocenters. The first kappa shape index (κ1) is 22.4. The Morgan fingerprint density at radius 2 is 1.00 bits per heavy atom. The van der Waals surface area contributed by atoms with E-state index in [1.54, 1.807) is 0 Å². The Hall–Kier alpha value is -0.570. The first-order valence-corrected chi connectivity index (χ1v) is 10.2. The molecule has 0 radical (unpaired) electrons. The summed E-state index contributed by atoms with van der Waals surface area (Å²) in [5, 5.41) is 8.68. The fourth-order valence-corrected chi connectivity index (χ4v) is 3.04. The summed E-state index contributed by atoms with van der Waals surface area (Å²) in [5.41, 5.74) is 5.48. The van der Waals surface area contributed by atoms with Gasteiger partial charge >= 0.3 is 5.97 Å². The van der Waals surface area contributed by atoms with Gasteiger partial charge in [0.15, 0.2) is 0 Å². The maximum Gasteiger partial charge on any atom is 0.320 e. The van der Waals surface area contributed by atoms with E-state index in [-0.39, 0.29) is 0 Å². The Labute approximate surface area is 144 Å². The third-order valence-electron chi connectivity index (χ3n) is 4.69. The standard InChI is InChI=1S/C20H41NO2/c1-2-3-4-5-6-7-8-9-10-11-12-13-14-15-16-17-18-19(21)20(22)23/h19H,2-18,21H2,1H3,(H,22,23)/t19-/m0/s1. The first-order valence-electron chi connectivity index (χ1n) is 10.2. The highest BCUT2D eigenvalue weighted by molar-refractivity contribution is 5.72. The summed E-state index contributed by atoms with van der Waals surface area (Å²) in [7, 11) is 0. The molecular formula is C20H41NO2. The fraction of sp³-hybridized carbons (Fsp3) is 0.950. The van der Waals surface area contributed by atoms with Gasteiger partial charge in [0.25, 0.3) is 0 Å². The van der Waals surface area contributed by atoms with Crippen LogP contribution in [0.2, 0.25) is 0 Å². The van der Waals surface area contributed by atoms with Gasteiger partial charge in [0, 0.05) is 0 Å². The summed E-state index contributed by atoms with van der Waals surface area (Å²) >= 11 is 0. The van der Waals surface area contributed by atoms with Crippen LogP contribution in [0.4, 0.5) is 0 Å². The summed E-state index contributed by atoms with van der Waals surface area (Å²) in [6, 6.07) is -0.665. The van der Waals surface area contributed by atoms with Gasteiger partial charge in [-0.05, 0) is 6.42 Å². The van der Waals surface area contributed by atoms with E-state index in [0.717, 1.165) is 12.8 Å². The maximum absolute atomic E-state index is 10.6. The molecule has 1 atom stereocenters. The molecule has 138 valence electrons. The molecule has 0 spiro atoms. The van der Waals surface area contributed by atoms with E-state index in [2.05, 4.69) is 6.92 Å². The Morgan fingerprint density at radius 3 is 1.30 bits per heavy atom. The molecule has 0 aliphatic heterocycles. The lowest BCUT2D eigenvalue weighted by Gasteiger charge is -2.06. The van der Waals surface area contributed by atoms with Crippen molar-refractivity contribution in [3.8, 4) is 0 Å². The molecule has 0 fully saturated rings. The highest BCUT2D eigenvalue weighted by atomic mass is 16.4. The molecule has 0 saturated carbocycles. The van der Waals surface area contributed by atoms with E-state index in [0.29, 0.717) is 6.42 Å². The van der Waals surface area contributed by atoms with Crippen LogP contribution in [-0.4, -0.2) is 17.1 Å². The molecule has 3 N–H and O–H groups in total. The summed E-state index contributed by atoms with van der Waals surface area (Å²) in [6.45, 7) is 2.27. The minimum absolute atomic E-state index is 0.619. The van der Waals surface area contributed by atoms with Gasteiger partial charge in [-0.2, -0.15) is 0 Å². The fourth-order valence-electron chi connectivity index (χ4n) is 3.04. The van der Waals surface area contributed by atoms with Crippen molar-refractivity contribution in [3.63, 3.8) is 0 Å². The highest BCUT2D eigenvalue weighted by Crippen LogP contribution is 2.14. The first-order chi connectivity index (χ1) is 11.2. The Kier molecular flexibility index (Phi) is 17.3. The van der Waals surface area contributed by atoms with Crippen LogP contribution < -0.4 is 5.73 Å². The molecule has 3 heteroatoms. The van der Waals surface area contributed by atoms with Crippen molar-refractivity contribution in [1.29, 1.82) is 0 Å². The number of aliphatic carboxylic acids is 1. The topological polar surface area (TPSA) is 63.3 Å². The second kappa shape index (κ2) is 17.8. The lowest BCUT2D eigenvalue weighted by atomic mass is 10.0. The molecule has 3 nitrogen and oxygen atoms in total. The van der Waals surface area contributed by atoms with Crippen LogP contribution in [0.15, 0.2) is 0 Å². The SMILES string of the molecule is CCCCCCCCCCCCCCCCCC[C@H](N)C(=O)O. The average molecular weight is 328 g/mol. The minimum Gasteiger partial charge on any atom is -0.480 e. The highest BCUT2D eigenvalue weighted by Gasteiger charge is 2.09. The predicted molar refractivity (Wildman–Crippen MR) is 99.8 cm³/mol. The largest absolute Gasteiger partial charge is 0.480 e. The molecular weight excluding hydrogens is 286 g/mol. The molecule has 0 saturated heterocycles. The number of hydrogen-bond donors (Lipinski definition) is 2. The van der Waals surface area contributed by atoms with Crippen molar-refractivity contribution in [1.82, 2.24) is 0 Å². The van der Waals surface area contributed by atoms with Crippen molar-refractivity contribution in [2.45, 2.75) is 122 Å². The molecule has 0 aliphatic rings. The summed E-state index contributed by atoms with van der Waals surface area (Å²) in [4.78, 5) is 10.6. The quantitative estimate of drug-likeness (QED) is 0.301. The Morgan fingerprint density at radius 1 is 0.696 bits per heavy atom. The zero-order valence-corrected chi connectivity index (χ0v) is 15.5. The monoisotopic (exact) mass is 327 g/mol. The van der Waals surface area contributed by atoms with Crippen molar-refractivity contribution < 1.29 is 9.90 Å². The molecule has 0 bridgehead atoms. The Balaban J connectivity index is 3.04. The molecule has 0 amide bonds. The van der Waals surface area contributed by atoms with Gasteiger partial charge in [-0.15, -0.1) is 0 Å². The van der Waals surface area contributed by atoms with E-state index in [9.17, 15) is 4.79 Å². The Bertz CT molecular complexity index is 256. The summed E-state index contributed by atoms with van der Waals surface area (Å²) in [6.07, 6.45) is 22.0. The van der Waals surface area contributed by atoms with Crippen LogP contribution in [0.5, 0.6) is 0 Å². The second-order valence-corrected chi connectivity index (χ2v) is 7.04. The van der Waals surface area contributed by atoms with Crippen LogP contribution in [0.25, 0.3) is 0 Å². The number of hydrogen-bond acceptors (Lipinski definition) is 2. The van der Waals surface area contributed by atoms with Gasteiger partial charge in [0.1, 0.15) is 6.04 Å². The zero-order chi connectivity index (χ0) is 17.2. The van der Waals surface area contributed by atoms with Crippen molar-refractivity contribution in [2.75, 3.05) is 0 Å². The van der Waals surface area contributed by atoms with Crippen molar-refractivity contribution in [3.05, 3.63) is 0 Å². The molecule has 0 aromatic rings. The molecule has 23 heavy (non-hydrogen) atoms. The number of nitrogens with two attached hydrogens (primary N) is 1. The van der Waals surface area contributed by atoms with Gasteiger partial charge < -0.3 is 10.8 Å². The van der Waals surface area contributed by atoms with Crippen molar-refractivity contribution in [2.24, 2.45) is 5.73 Å². The predicted octanol–water partition coefficient (Wildman–Crippen LogP) is 6.05. The van der Waals surface area contributed by atoms with Gasteiger partial charge in [-0.1, -0.05) is 110 Å². The van der Waals surface area contributed by atoms with Gasteiger partial charge in [-0.3, -0.25) is 4.79 Å². The maximum atomic E-state index is 10.6. The van der Waals surface area contributed by atoms with E-state index in [4.69, 9.17) is 10.8 Å². The summed E-state index contributed by atoms with van der Waals surface area (Å²) in [5.74, 6) is -0.869. The van der Waals surface area contributed by atoms with Crippen LogP contribution in [-0.2, 0) is 4.79 Å². The van der Waals surface area contributed by atoms with Gasteiger partial charge in [-0.25, -0.2) is 0 Å². The molecule has 0 heterocycles. The lowest BCUT2D eigenvalue weighted by Crippen LogP contribution is -2.29. The number of carbonyl (C=O) groups is 1. The van der Waals surface area contributed by atoms with E-state index >= 15 is 0 Å². The smallest absolute Gasteiger partial charge is 0.320 e. The lowest BCUT2D eigenvalue weighted by molar-refractivity contribution is -0.138. The van der Waals surface area contributed by atoms with Crippen LogP contribution >= 0.6 is 0 Å². The third-order valence-corrected chi connectivity index (χ3v) is 4.69.